The SMILES string of the molecule is CC.CC.Cc1cc(C(C)(C)C)c(C(C)(C)C)c(C(C)C)c1C(C)C. The standard InChI is InChI=1S/C21H36.2C2H6/c1-13(2)17-15(5)12-16(20(6,7)8)19(21(9,10)11)18(17)14(3)4;2*1-2/h12-14H,1-11H3;2*1-2H3. The molecule has 0 heteroatoms. The van der Waals surface area contributed by atoms with Crippen LogP contribution in [0.25, 0.3) is 0 Å². The van der Waals surface area contributed by atoms with E-state index in [0.29, 0.717) is 11.8 Å². The van der Waals surface area contributed by atoms with Crippen LogP contribution >= 0.6 is 0 Å². The summed E-state index contributed by atoms with van der Waals surface area (Å²) in [5, 5.41) is 0. The molecule has 148 valence electrons. The van der Waals surface area contributed by atoms with Gasteiger partial charge in [-0.1, -0.05) is 103 Å². The largest absolute Gasteiger partial charge is 0.0683 e. The van der Waals surface area contributed by atoms with Gasteiger partial charge in [0.2, 0.25) is 0 Å². The molecule has 0 aromatic heterocycles. The molecule has 0 N–H and O–H groups in total. The van der Waals surface area contributed by atoms with Crippen molar-refractivity contribution in [3.8, 4) is 0 Å². The molecular formula is C25H48. The van der Waals surface area contributed by atoms with Gasteiger partial charge in [0.25, 0.3) is 0 Å². The number of hydrogen-bond acceptors (Lipinski definition) is 0. The molecule has 0 nitrogen and oxygen atoms in total. The maximum Gasteiger partial charge on any atom is -0.0126 e. The van der Waals surface area contributed by atoms with Crippen molar-refractivity contribution < 1.29 is 0 Å². The molecule has 1 aromatic carbocycles. The van der Waals surface area contributed by atoms with E-state index in [2.05, 4.69) is 82.2 Å². The lowest BCUT2D eigenvalue weighted by molar-refractivity contribution is 0.518. The summed E-state index contributed by atoms with van der Waals surface area (Å²) in [5.41, 5.74) is 8.11. The van der Waals surface area contributed by atoms with Gasteiger partial charge in [-0.05, 0) is 57.4 Å². The second-order valence-corrected chi connectivity index (χ2v) is 9.25. The highest BCUT2D eigenvalue weighted by Crippen LogP contribution is 2.43. The number of aryl methyl sites for hydroxylation is 1. The molecule has 0 saturated carbocycles. The van der Waals surface area contributed by atoms with Crippen molar-refractivity contribution in [3.63, 3.8) is 0 Å². The highest BCUT2D eigenvalue weighted by molar-refractivity contribution is 5.53. The minimum atomic E-state index is 0.180. The molecule has 0 unspecified atom stereocenters. The minimum absolute atomic E-state index is 0.180. The van der Waals surface area contributed by atoms with Crippen LogP contribution in [0.2, 0.25) is 0 Å². The predicted molar refractivity (Wildman–Crippen MR) is 119 cm³/mol. The van der Waals surface area contributed by atoms with E-state index in [1.54, 1.807) is 16.7 Å². The Labute approximate surface area is 160 Å². The van der Waals surface area contributed by atoms with Crippen LogP contribution in [-0.2, 0) is 10.8 Å². The molecular weight excluding hydrogens is 300 g/mol. The van der Waals surface area contributed by atoms with Gasteiger partial charge >= 0.3 is 0 Å². The van der Waals surface area contributed by atoms with E-state index in [1.165, 1.54) is 11.1 Å². The maximum absolute atomic E-state index is 2.46. The Kier molecular flexibility index (Phi) is 11.0. The fraction of sp³-hybridized carbons (Fsp3) is 0.760. The van der Waals surface area contributed by atoms with E-state index < -0.39 is 0 Å². The summed E-state index contributed by atoms with van der Waals surface area (Å²) in [6, 6.07) is 2.46. The van der Waals surface area contributed by atoms with Crippen LogP contribution < -0.4 is 0 Å². The molecule has 0 amide bonds. The highest BCUT2D eigenvalue weighted by Gasteiger charge is 2.31. The minimum Gasteiger partial charge on any atom is -0.0683 e. The van der Waals surface area contributed by atoms with E-state index in [1.807, 2.05) is 27.7 Å². The highest BCUT2D eigenvalue weighted by atomic mass is 14.4. The lowest BCUT2D eigenvalue weighted by Crippen LogP contribution is -2.26. The topological polar surface area (TPSA) is 0 Å². The zero-order valence-electron chi connectivity index (χ0n) is 20.2. The maximum atomic E-state index is 2.46. The van der Waals surface area contributed by atoms with Crippen molar-refractivity contribution in [1.29, 1.82) is 0 Å². The molecule has 0 spiro atoms. The summed E-state index contributed by atoms with van der Waals surface area (Å²) in [6.07, 6.45) is 0. The van der Waals surface area contributed by atoms with E-state index in [9.17, 15) is 0 Å². The molecule has 25 heavy (non-hydrogen) atoms. The first-order valence-electron chi connectivity index (χ1n) is 10.5. The van der Waals surface area contributed by atoms with Gasteiger partial charge in [-0.25, -0.2) is 0 Å². The van der Waals surface area contributed by atoms with Crippen molar-refractivity contribution in [2.45, 2.75) is 127 Å². The third-order valence-electron chi connectivity index (χ3n) is 4.33. The average Bonchev–Trinajstić information content (AvgIpc) is 2.47. The molecule has 0 atom stereocenters. The molecule has 0 heterocycles. The molecule has 0 radical (unpaired) electrons. The Hall–Kier alpha value is -0.780. The molecule has 0 bridgehead atoms. The Bertz CT molecular complexity index is 502. The first-order valence-corrected chi connectivity index (χ1v) is 10.5. The fourth-order valence-electron chi connectivity index (χ4n) is 3.62. The lowest BCUT2D eigenvalue weighted by atomic mass is 9.68. The molecule has 0 aliphatic heterocycles. The van der Waals surface area contributed by atoms with Crippen molar-refractivity contribution in [2.75, 3.05) is 0 Å². The molecule has 0 aliphatic rings. The fourth-order valence-corrected chi connectivity index (χ4v) is 3.62. The van der Waals surface area contributed by atoms with Crippen molar-refractivity contribution >= 4 is 0 Å². The van der Waals surface area contributed by atoms with Gasteiger partial charge in [0.1, 0.15) is 0 Å². The monoisotopic (exact) mass is 348 g/mol. The summed E-state index contributed by atoms with van der Waals surface area (Å²) in [5.74, 6) is 1.15. The molecule has 0 aliphatic carbocycles. The third kappa shape index (κ3) is 6.80. The first-order chi connectivity index (χ1) is 11.3. The second-order valence-electron chi connectivity index (χ2n) is 9.25. The first kappa shape index (κ1) is 26.4. The average molecular weight is 349 g/mol. The molecule has 0 fully saturated rings. The smallest absolute Gasteiger partial charge is 0.0126 e. The summed E-state index contributed by atoms with van der Waals surface area (Å²) in [6.45, 7) is 33.8. The van der Waals surface area contributed by atoms with Gasteiger partial charge in [0, 0.05) is 0 Å². The van der Waals surface area contributed by atoms with Crippen LogP contribution in [0.4, 0.5) is 0 Å². The van der Waals surface area contributed by atoms with Crippen LogP contribution in [0.15, 0.2) is 6.07 Å². The quantitative estimate of drug-likeness (QED) is 0.500. The second kappa shape index (κ2) is 10.4. The van der Waals surface area contributed by atoms with Gasteiger partial charge in [-0.15, -0.1) is 0 Å². The van der Waals surface area contributed by atoms with E-state index in [4.69, 9.17) is 0 Å². The third-order valence-corrected chi connectivity index (χ3v) is 4.33. The Morgan fingerprint density at radius 3 is 1.24 bits per heavy atom. The Balaban J connectivity index is 0. The molecule has 1 rings (SSSR count). The van der Waals surface area contributed by atoms with Gasteiger partial charge in [-0.2, -0.15) is 0 Å². The van der Waals surface area contributed by atoms with Crippen LogP contribution in [0.3, 0.4) is 0 Å². The van der Waals surface area contributed by atoms with Crippen LogP contribution in [0.1, 0.15) is 137 Å². The van der Waals surface area contributed by atoms with Crippen LogP contribution in [-0.4, -0.2) is 0 Å². The van der Waals surface area contributed by atoms with Gasteiger partial charge in [-0.3, -0.25) is 0 Å². The molecule has 0 saturated heterocycles. The van der Waals surface area contributed by atoms with Crippen molar-refractivity contribution in [1.82, 2.24) is 0 Å². The van der Waals surface area contributed by atoms with Crippen molar-refractivity contribution in [3.05, 3.63) is 33.9 Å². The Morgan fingerprint density at radius 1 is 0.640 bits per heavy atom. The Morgan fingerprint density at radius 2 is 1.00 bits per heavy atom. The van der Waals surface area contributed by atoms with E-state index >= 15 is 0 Å². The number of benzene rings is 1. The van der Waals surface area contributed by atoms with Crippen molar-refractivity contribution in [2.24, 2.45) is 0 Å². The van der Waals surface area contributed by atoms with Gasteiger partial charge in [0.15, 0.2) is 0 Å². The number of rotatable bonds is 2. The van der Waals surface area contributed by atoms with Crippen LogP contribution in [0.5, 0.6) is 0 Å². The zero-order chi connectivity index (χ0) is 20.7. The summed E-state index contributed by atoms with van der Waals surface area (Å²) in [4.78, 5) is 0. The summed E-state index contributed by atoms with van der Waals surface area (Å²) < 4.78 is 0. The van der Waals surface area contributed by atoms with Gasteiger partial charge in [0.05, 0.1) is 0 Å². The lowest BCUT2D eigenvalue weighted by Gasteiger charge is -2.36. The van der Waals surface area contributed by atoms with Crippen LogP contribution in [0, 0.1) is 6.92 Å². The predicted octanol–water partition coefficient (Wildman–Crippen LogP) is 8.89. The molecule has 1 aromatic rings. The summed E-state index contributed by atoms with van der Waals surface area (Å²) in [7, 11) is 0. The summed E-state index contributed by atoms with van der Waals surface area (Å²) >= 11 is 0. The normalized spacial score (nSPS) is 11.7. The van der Waals surface area contributed by atoms with E-state index in [0.717, 1.165) is 0 Å². The van der Waals surface area contributed by atoms with Gasteiger partial charge < -0.3 is 0 Å². The van der Waals surface area contributed by atoms with E-state index in [-0.39, 0.29) is 10.8 Å². The zero-order valence-corrected chi connectivity index (χ0v) is 20.2. The number of hydrogen-bond donors (Lipinski definition) is 0.